The lowest BCUT2D eigenvalue weighted by molar-refractivity contribution is 0.0993. The number of carbonyl (C=O) groups excluding carboxylic acids is 1. The number of nitrogen functional groups attached to an aromatic ring is 1. The molecular formula is C16H19BrN4O2. The number of nitrogens with two attached hydrogens (primary N) is 2. The Hall–Kier alpha value is -2.15. The molecule has 23 heavy (non-hydrogen) atoms. The molecule has 4 N–H and O–H groups in total. The first kappa shape index (κ1) is 17.2. The largest absolute Gasteiger partial charge is 0.484 e. The molecule has 0 aliphatic heterocycles. The van der Waals surface area contributed by atoms with Crippen LogP contribution in [0.4, 0.5) is 5.95 Å². The maximum atomic E-state index is 11.7. The average Bonchev–Trinajstić information content (AvgIpc) is 2.40. The number of hydrogen-bond acceptors (Lipinski definition) is 5. The van der Waals surface area contributed by atoms with E-state index in [4.69, 9.17) is 16.2 Å². The lowest BCUT2D eigenvalue weighted by atomic mass is 10.1. The highest BCUT2D eigenvalue weighted by Crippen LogP contribution is 2.32. The van der Waals surface area contributed by atoms with Gasteiger partial charge in [0.15, 0.2) is 0 Å². The number of halogens is 1. The molecule has 1 heterocycles. The van der Waals surface area contributed by atoms with Crippen LogP contribution in [0.5, 0.6) is 5.75 Å². The van der Waals surface area contributed by atoms with E-state index in [0.717, 1.165) is 21.3 Å². The minimum Gasteiger partial charge on any atom is -0.484 e. The Bertz CT molecular complexity index is 754. The first-order chi connectivity index (χ1) is 10.7. The molecule has 6 nitrogen and oxygen atoms in total. The quantitative estimate of drug-likeness (QED) is 0.850. The Morgan fingerprint density at radius 3 is 2.30 bits per heavy atom. The van der Waals surface area contributed by atoms with Crippen molar-refractivity contribution in [3.63, 3.8) is 0 Å². The van der Waals surface area contributed by atoms with E-state index in [1.807, 2.05) is 26.0 Å². The molecule has 1 unspecified atom stereocenters. The van der Waals surface area contributed by atoms with Gasteiger partial charge >= 0.3 is 0 Å². The van der Waals surface area contributed by atoms with Crippen molar-refractivity contribution >= 4 is 27.8 Å². The summed E-state index contributed by atoms with van der Waals surface area (Å²) in [6.07, 6.45) is -0.500. The molecule has 1 aromatic carbocycles. The van der Waals surface area contributed by atoms with Crippen LogP contribution in [0.3, 0.4) is 0 Å². The fourth-order valence-corrected chi connectivity index (χ4v) is 3.22. The summed E-state index contributed by atoms with van der Waals surface area (Å²) in [5.74, 6) is 0.227. The van der Waals surface area contributed by atoms with Crippen LogP contribution in [0.15, 0.2) is 16.6 Å². The lowest BCUT2D eigenvalue weighted by Crippen LogP contribution is -2.22. The van der Waals surface area contributed by atoms with Gasteiger partial charge in [0.25, 0.3) is 5.91 Å². The van der Waals surface area contributed by atoms with Crippen LogP contribution in [0.2, 0.25) is 0 Å². The van der Waals surface area contributed by atoms with Gasteiger partial charge in [0.05, 0.1) is 17.0 Å². The van der Waals surface area contributed by atoms with Crippen molar-refractivity contribution in [2.45, 2.75) is 33.8 Å². The van der Waals surface area contributed by atoms with E-state index < -0.39 is 12.0 Å². The van der Waals surface area contributed by atoms with Gasteiger partial charge in [0.2, 0.25) is 5.95 Å². The van der Waals surface area contributed by atoms with Gasteiger partial charge in [0, 0.05) is 4.47 Å². The summed E-state index contributed by atoms with van der Waals surface area (Å²) in [5.41, 5.74) is 14.2. The summed E-state index contributed by atoms with van der Waals surface area (Å²) in [5, 5.41) is 0. The van der Waals surface area contributed by atoms with Gasteiger partial charge in [-0.05, 0) is 51.0 Å². The second kappa shape index (κ2) is 6.54. The predicted molar refractivity (Wildman–Crippen MR) is 92.4 cm³/mol. The average molecular weight is 379 g/mol. The van der Waals surface area contributed by atoms with Crippen LogP contribution in [-0.2, 0) is 0 Å². The number of ether oxygens (including phenoxy) is 1. The standard InChI is InChI=1S/C16H19BrN4O2/c1-7-5-11(17)6-8(2)14(7)23-10(4)13-12(15(18)22)9(3)20-16(19)21-13/h5-6,10H,1-4H3,(H2,18,22)(H2,19,20,21). The zero-order chi connectivity index (χ0) is 17.3. The van der Waals surface area contributed by atoms with E-state index in [1.54, 1.807) is 13.8 Å². The lowest BCUT2D eigenvalue weighted by Gasteiger charge is -2.20. The Kier molecular flexibility index (Phi) is 4.89. The third kappa shape index (κ3) is 3.61. The molecule has 7 heteroatoms. The molecule has 1 aromatic heterocycles. The first-order valence-electron chi connectivity index (χ1n) is 7.08. The molecular weight excluding hydrogens is 360 g/mol. The first-order valence-corrected chi connectivity index (χ1v) is 7.87. The van der Waals surface area contributed by atoms with Crippen LogP contribution < -0.4 is 16.2 Å². The Balaban J connectivity index is 2.46. The van der Waals surface area contributed by atoms with Gasteiger partial charge in [-0.25, -0.2) is 9.97 Å². The molecule has 0 aliphatic carbocycles. The number of primary amides is 1. The third-order valence-corrected chi connectivity index (χ3v) is 3.94. The number of rotatable bonds is 4. The van der Waals surface area contributed by atoms with E-state index in [1.165, 1.54) is 0 Å². The Morgan fingerprint density at radius 1 is 1.22 bits per heavy atom. The molecule has 0 aliphatic rings. The zero-order valence-electron chi connectivity index (χ0n) is 13.5. The number of benzene rings is 1. The summed E-state index contributed by atoms with van der Waals surface area (Å²) in [6.45, 7) is 7.38. The molecule has 1 atom stereocenters. The minimum atomic E-state index is -0.600. The number of carbonyl (C=O) groups is 1. The highest BCUT2D eigenvalue weighted by atomic mass is 79.9. The fourth-order valence-electron chi connectivity index (χ4n) is 2.53. The monoisotopic (exact) mass is 378 g/mol. The summed E-state index contributed by atoms with van der Waals surface area (Å²) < 4.78 is 7.02. The van der Waals surface area contributed by atoms with Crippen molar-refractivity contribution in [2.75, 3.05) is 5.73 Å². The minimum absolute atomic E-state index is 0.0854. The Labute approximate surface area is 143 Å². The molecule has 122 valence electrons. The molecule has 0 bridgehead atoms. The number of aryl methyl sites for hydroxylation is 3. The van der Waals surface area contributed by atoms with Crippen molar-refractivity contribution in [1.82, 2.24) is 9.97 Å². The molecule has 2 aromatic rings. The summed E-state index contributed by atoms with van der Waals surface area (Å²) in [7, 11) is 0. The van der Waals surface area contributed by atoms with Gasteiger partial charge in [0.1, 0.15) is 11.9 Å². The smallest absolute Gasteiger partial charge is 0.252 e. The van der Waals surface area contributed by atoms with Gasteiger partial charge in [-0.2, -0.15) is 0 Å². The highest BCUT2D eigenvalue weighted by Gasteiger charge is 2.22. The van der Waals surface area contributed by atoms with Gasteiger partial charge in [-0.3, -0.25) is 4.79 Å². The molecule has 0 saturated carbocycles. The molecule has 0 fully saturated rings. The molecule has 0 spiro atoms. The topological polar surface area (TPSA) is 104 Å². The van der Waals surface area contributed by atoms with Gasteiger partial charge < -0.3 is 16.2 Å². The number of amides is 1. The normalized spacial score (nSPS) is 12.0. The molecule has 2 rings (SSSR count). The number of nitrogens with zero attached hydrogens (tertiary/aromatic N) is 2. The molecule has 1 amide bonds. The predicted octanol–water partition coefficient (Wildman–Crippen LogP) is 2.99. The molecule has 0 radical (unpaired) electrons. The van der Waals surface area contributed by atoms with Crippen molar-refractivity contribution in [1.29, 1.82) is 0 Å². The van der Waals surface area contributed by atoms with Gasteiger partial charge in [-0.15, -0.1) is 0 Å². The van der Waals surface area contributed by atoms with Crippen LogP contribution in [0.25, 0.3) is 0 Å². The van der Waals surface area contributed by atoms with E-state index in [9.17, 15) is 4.79 Å². The Morgan fingerprint density at radius 2 is 1.78 bits per heavy atom. The number of anilines is 1. The number of hydrogen-bond donors (Lipinski definition) is 2. The van der Waals surface area contributed by atoms with Crippen molar-refractivity contribution in [3.05, 3.63) is 44.7 Å². The van der Waals surface area contributed by atoms with E-state index in [2.05, 4.69) is 25.9 Å². The van der Waals surface area contributed by atoms with Crippen LogP contribution in [0, 0.1) is 20.8 Å². The van der Waals surface area contributed by atoms with E-state index >= 15 is 0 Å². The van der Waals surface area contributed by atoms with Crippen LogP contribution in [0.1, 0.15) is 45.9 Å². The second-order valence-electron chi connectivity index (χ2n) is 5.42. The maximum Gasteiger partial charge on any atom is 0.252 e. The highest BCUT2D eigenvalue weighted by molar-refractivity contribution is 9.10. The third-order valence-electron chi connectivity index (χ3n) is 3.49. The van der Waals surface area contributed by atoms with Crippen LogP contribution >= 0.6 is 15.9 Å². The summed E-state index contributed by atoms with van der Waals surface area (Å²) in [4.78, 5) is 19.9. The van der Waals surface area contributed by atoms with Crippen LogP contribution in [-0.4, -0.2) is 15.9 Å². The van der Waals surface area contributed by atoms with Crippen molar-refractivity contribution in [2.24, 2.45) is 5.73 Å². The zero-order valence-corrected chi connectivity index (χ0v) is 15.1. The van der Waals surface area contributed by atoms with Crippen molar-refractivity contribution < 1.29 is 9.53 Å². The van der Waals surface area contributed by atoms with Gasteiger partial charge in [-0.1, -0.05) is 15.9 Å². The summed E-state index contributed by atoms with van der Waals surface area (Å²) in [6, 6.07) is 3.92. The second-order valence-corrected chi connectivity index (χ2v) is 6.34. The van der Waals surface area contributed by atoms with E-state index in [-0.39, 0.29) is 11.5 Å². The number of aromatic nitrogens is 2. The SMILES string of the molecule is Cc1cc(Br)cc(C)c1OC(C)c1nc(N)nc(C)c1C(N)=O. The van der Waals surface area contributed by atoms with E-state index in [0.29, 0.717) is 11.4 Å². The molecule has 0 saturated heterocycles. The summed E-state index contributed by atoms with van der Waals surface area (Å²) >= 11 is 3.45. The van der Waals surface area contributed by atoms with Crippen molar-refractivity contribution in [3.8, 4) is 5.75 Å². The fraction of sp³-hybridized carbons (Fsp3) is 0.312. The maximum absolute atomic E-state index is 11.7.